The van der Waals surface area contributed by atoms with E-state index in [0.717, 1.165) is 19.4 Å². The molecule has 1 aliphatic rings. The Labute approximate surface area is 117 Å². The van der Waals surface area contributed by atoms with Crippen molar-refractivity contribution < 1.29 is 14.7 Å². The van der Waals surface area contributed by atoms with E-state index in [1.807, 2.05) is 10.8 Å². The number of amides is 2. The van der Waals surface area contributed by atoms with Gasteiger partial charge in [0, 0.05) is 32.0 Å². The van der Waals surface area contributed by atoms with Crippen LogP contribution in [0.3, 0.4) is 0 Å². The number of carbonyl (C=O) groups excluding carboxylic acids is 1. The van der Waals surface area contributed by atoms with Gasteiger partial charge >= 0.3 is 12.0 Å². The Kier molecular flexibility index (Phi) is 4.60. The minimum atomic E-state index is -0.821. The Morgan fingerprint density at radius 3 is 2.70 bits per heavy atom. The van der Waals surface area contributed by atoms with Gasteiger partial charge in [-0.25, -0.2) is 9.78 Å². The second-order valence-electron chi connectivity index (χ2n) is 5.20. The van der Waals surface area contributed by atoms with Crippen molar-refractivity contribution >= 4 is 12.0 Å². The lowest BCUT2D eigenvalue weighted by Crippen LogP contribution is -2.41. The lowest BCUT2D eigenvalue weighted by molar-refractivity contribution is -0.143. The minimum absolute atomic E-state index is 0.212. The van der Waals surface area contributed by atoms with Crippen molar-refractivity contribution in [3.05, 3.63) is 18.7 Å². The maximum atomic E-state index is 11.5. The van der Waals surface area contributed by atoms with E-state index in [2.05, 4.69) is 15.6 Å². The number of nitrogens with one attached hydrogen (secondary N) is 2. The van der Waals surface area contributed by atoms with Crippen LogP contribution in [0.1, 0.15) is 25.7 Å². The Bertz CT molecular complexity index is 454. The molecule has 0 unspecified atom stereocenters. The van der Waals surface area contributed by atoms with E-state index >= 15 is 0 Å². The third-order valence-corrected chi connectivity index (χ3v) is 3.58. The molecule has 1 saturated carbocycles. The van der Waals surface area contributed by atoms with Crippen molar-refractivity contribution in [2.24, 2.45) is 5.41 Å². The fraction of sp³-hybridized carbons (Fsp3) is 0.615. The van der Waals surface area contributed by atoms with Gasteiger partial charge in [-0.3, -0.25) is 4.79 Å². The van der Waals surface area contributed by atoms with E-state index < -0.39 is 11.4 Å². The number of rotatable bonds is 8. The summed E-state index contributed by atoms with van der Waals surface area (Å²) in [4.78, 5) is 26.4. The van der Waals surface area contributed by atoms with Crippen molar-refractivity contribution in [1.82, 2.24) is 20.2 Å². The van der Waals surface area contributed by atoms with Crippen LogP contribution < -0.4 is 10.6 Å². The Balaban J connectivity index is 1.51. The van der Waals surface area contributed by atoms with Crippen LogP contribution in [0.15, 0.2) is 18.7 Å². The molecular weight excluding hydrogens is 260 g/mol. The highest BCUT2D eigenvalue weighted by atomic mass is 16.4. The highest BCUT2D eigenvalue weighted by Gasteiger charge is 2.50. The summed E-state index contributed by atoms with van der Waals surface area (Å²) in [5.74, 6) is -0.821. The zero-order valence-corrected chi connectivity index (χ0v) is 11.3. The first kappa shape index (κ1) is 14.4. The standard InChI is InChI=1S/C13H20N4O3/c18-11(19)13(3-4-13)9-16-12(20)15-5-1-2-7-17-8-6-14-10-17/h6,8,10H,1-5,7,9H2,(H,18,19)(H2,15,16,20). The monoisotopic (exact) mass is 280 g/mol. The molecule has 0 atom stereocenters. The number of carboxylic acids is 1. The Hall–Kier alpha value is -2.05. The van der Waals surface area contributed by atoms with E-state index in [1.165, 1.54) is 0 Å². The molecule has 0 saturated heterocycles. The summed E-state index contributed by atoms with van der Waals surface area (Å²) in [6.45, 7) is 1.68. The fourth-order valence-corrected chi connectivity index (χ4v) is 1.97. The number of aryl methyl sites for hydroxylation is 1. The number of urea groups is 1. The molecule has 110 valence electrons. The maximum Gasteiger partial charge on any atom is 0.314 e. The third-order valence-electron chi connectivity index (χ3n) is 3.58. The number of nitrogens with zero attached hydrogens (tertiary/aromatic N) is 2. The zero-order chi connectivity index (χ0) is 14.4. The largest absolute Gasteiger partial charge is 0.481 e. The first-order valence-corrected chi connectivity index (χ1v) is 6.83. The fourth-order valence-electron chi connectivity index (χ4n) is 1.97. The maximum absolute atomic E-state index is 11.5. The van der Waals surface area contributed by atoms with Crippen LogP contribution >= 0.6 is 0 Å². The predicted octanol–water partition coefficient (Wildman–Crippen LogP) is 0.827. The highest BCUT2D eigenvalue weighted by molar-refractivity contribution is 5.80. The van der Waals surface area contributed by atoms with Crippen LogP contribution in [-0.2, 0) is 11.3 Å². The molecule has 2 rings (SSSR count). The second-order valence-corrected chi connectivity index (χ2v) is 5.20. The molecule has 1 fully saturated rings. The molecule has 1 aliphatic carbocycles. The SMILES string of the molecule is O=C(NCCCCn1ccnc1)NCC1(C(=O)O)CC1. The molecule has 20 heavy (non-hydrogen) atoms. The number of hydrogen-bond donors (Lipinski definition) is 3. The smallest absolute Gasteiger partial charge is 0.314 e. The molecule has 7 heteroatoms. The van der Waals surface area contributed by atoms with Crippen LogP contribution in [0.5, 0.6) is 0 Å². The van der Waals surface area contributed by atoms with Crippen LogP contribution in [0.4, 0.5) is 4.79 Å². The molecule has 0 bridgehead atoms. The Morgan fingerprint density at radius 2 is 2.10 bits per heavy atom. The molecule has 1 heterocycles. The molecule has 1 aromatic rings. The molecular formula is C13H20N4O3. The number of carbonyl (C=O) groups is 2. The summed E-state index contributed by atoms with van der Waals surface area (Å²) in [6, 6.07) is -0.292. The first-order chi connectivity index (χ1) is 9.62. The van der Waals surface area contributed by atoms with E-state index in [1.54, 1.807) is 12.5 Å². The van der Waals surface area contributed by atoms with E-state index in [0.29, 0.717) is 19.4 Å². The summed E-state index contributed by atoms with van der Waals surface area (Å²) in [5.41, 5.74) is -0.710. The molecule has 1 aromatic heterocycles. The summed E-state index contributed by atoms with van der Waals surface area (Å²) in [7, 11) is 0. The number of hydrogen-bond acceptors (Lipinski definition) is 3. The normalized spacial score (nSPS) is 15.6. The van der Waals surface area contributed by atoms with Crippen molar-refractivity contribution in [3.8, 4) is 0 Å². The first-order valence-electron chi connectivity index (χ1n) is 6.83. The van der Waals surface area contributed by atoms with Gasteiger partial charge in [0.25, 0.3) is 0 Å². The molecule has 0 aromatic carbocycles. The van der Waals surface area contributed by atoms with Gasteiger partial charge in [-0.1, -0.05) is 0 Å². The van der Waals surface area contributed by atoms with Crippen LogP contribution in [0.2, 0.25) is 0 Å². The van der Waals surface area contributed by atoms with Gasteiger partial charge in [0.15, 0.2) is 0 Å². The second kappa shape index (κ2) is 6.40. The van der Waals surface area contributed by atoms with Gasteiger partial charge in [-0.15, -0.1) is 0 Å². The number of aliphatic carboxylic acids is 1. The van der Waals surface area contributed by atoms with Gasteiger partial charge in [0.05, 0.1) is 11.7 Å². The third kappa shape index (κ3) is 3.97. The Morgan fingerprint density at radius 1 is 1.30 bits per heavy atom. The van der Waals surface area contributed by atoms with Gasteiger partial charge in [-0.2, -0.15) is 0 Å². The minimum Gasteiger partial charge on any atom is -0.481 e. The summed E-state index contributed by atoms with van der Waals surface area (Å²) < 4.78 is 1.99. The highest BCUT2D eigenvalue weighted by Crippen LogP contribution is 2.45. The molecule has 0 spiro atoms. The van der Waals surface area contributed by atoms with Crippen molar-refractivity contribution in [3.63, 3.8) is 0 Å². The van der Waals surface area contributed by atoms with Gasteiger partial charge in [0.1, 0.15) is 0 Å². The average Bonchev–Trinajstić information content (AvgIpc) is 3.05. The number of imidazole rings is 1. The van der Waals surface area contributed by atoms with E-state index in [-0.39, 0.29) is 12.6 Å². The van der Waals surface area contributed by atoms with Gasteiger partial charge in [0.2, 0.25) is 0 Å². The average molecular weight is 280 g/mol. The van der Waals surface area contributed by atoms with E-state index in [9.17, 15) is 9.59 Å². The number of aromatic nitrogens is 2. The molecule has 0 aliphatic heterocycles. The van der Waals surface area contributed by atoms with Crippen molar-refractivity contribution in [1.29, 1.82) is 0 Å². The van der Waals surface area contributed by atoms with Crippen LogP contribution in [-0.4, -0.2) is 39.7 Å². The number of carboxylic acid groups (broad SMARTS) is 1. The van der Waals surface area contributed by atoms with Gasteiger partial charge < -0.3 is 20.3 Å². The summed E-state index contributed by atoms with van der Waals surface area (Å²) in [5, 5.41) is 14.3. The van der Waals surface area contributed by atoms with Crippen molar-refractivity contribution in [2.45, 2.75) is 32.2 Å². The number of unbranched alkanes of at least 4 members (excludes halogenated alkanes) is 1. The predicted molar refractivity (Wildman–Crippen MR) is 72.2 cm³/mol. The molecule has 2 amide bonds. The molecule has 7 nitrogen and oxygen atoms in total. The van der Waals surface area contributed by atoms with Gasteiger partial charge in [-0.05, 0) is 25.7 Å². The lowest BCUT2D eigenvalue weighted by Gasteiger charge is -2.12. The topological polar surface area (TPSA) is 96.3 Å². The van der Waals surface area contributed by atoms with Crippen LogP contribution in [0, 0.1) is 5.41 Å². The van der Waals surface area contributed by atoms with Crippen LogP contribution in [0.25, 0.3) is 0 Å². The molecule has 0 radical (unpaired) electrons. The lowest BCUT2D eigenvalue weighted by atomic mass is 10.1. The van der Waals surface area contributed by atoms with Crippen molar-refractivity contribution in [2.75, 3.05) is 13.1 Å². The molecule has 3 N–H and O–H groups in total. The summed E-state index contributed by atoms with van der Waals surface area (Å²) >= 11 is 0. The van der Waals surface area contributed by atoms with E-state index in [4.69, 9.17) is 5.11 Å². The zero-order valence-electron chi connectivity index (χ0n) is 11.3. The quantitative estimate of drug-likeness (QED) is 0.614. The summed E-state index contributed by atoms with van der Waals surface area (Å²) in [6.07, 6.45) is 8.52.